The van der Waals surface area contributed by atoms with E-state index in [0.717, 1.165) is 16.8 Å². The molecule has 4 aromatic rings. The smallest absolute Gasteiger partial charge is 0.408 e. The molecule has 4 rings (SSSR count). The van der Waals surface area contributed by atoms with Gasteiger partial charge in [-0.05, 0) is 61.4 Å². The van der Waals surface area contributed by atoms with Gasteiger partial charge in [0.05, 0.1) is 30.4 Å². The third-order valence-electron chi connectivity index (χ3n) is 7.73. The number of aromatic nitrogens is 1. The molecule has 1 unspecified atom stereocenters. The predicted molar refractivity (Wildman–Crippen MR) is 180 cm³/mol. The van der Waals surface area contributed by atoms with Gasteiger partial charge >= 0.3 is 12.2 Å². The minimum Gasteiger partial charge on any atom is -0.472 e. The first-order chi connectivity index (χ1) is 23.2. The lowest BCUT2D eigenvalue weighted by Crippen LogP contribution is -2.56. The third kappa shape index (κ3) is 11.9. The number of pyridine rings is 1. The number of benzene rings is 2. The Kier molecular flexibility index (Phi) is 13.6. The van der Waals surface area contributed by atoms with Crippen molar-refractivity contribution < 1.29 is 33.4 Å². The van der Waals surface area contributed by atoms with Crippen molar-refractivity contribution in [1.82, 2.24) is 20.9 Å². The van der Waals surface area contributed by atoms with Crippen LogP contribution in [0.5, 0.6) is 0 Å². The van der Waals surface area contributed by atoms with E-state index in [2.05, 4.69) is 20.9 Å². The summed E-state index contributed by atoms with van der Waals surface area (Å²) in [6, 6.07) is 24.0. The van der Waals surface area contributed by atoms with Crippen molar-refractivity contribution in [2.45, 2.75) is 77.5 Å². The van der Waals surface area contributed by atoms with Gasteiger partial charge in [-0.3, -0.25) is 9.78 Å². The number of hydrogen-bond donors (Lipinski definition) is 4. The van der Waals surface area contributed by atoms with Gasteiger partial charge in [-0.25, -0.2) is 9.59 Å². The Morgan fingerprint density at radius 3 is 2.04 bits per heavy atom. The second kappa shape index (κ2) is 18.2. The van der Waals surface area contributed by atoms with E-state index < -0.39 is 42.3 Å². The van der Waals surface area contributed by atoms with Crippen molar-refractivity contribution in [2.75, 3.05) is 0 Å². The maximum Gasteiger partial charge on any atom is 0.408 e. The molecule has 48 heavy (non-hydrogen) atoms. The van der Waals surface area contributed by atoms with E-state index in [0.29, 0.717) is 24.1 Å². The van der Waals surface area contributed by atoms with Crippen LogP contribution in [0.25, 0.3) is 0 Å². The number of hydrogen-bond acceptors (Lipinski definition) is 8. The number of aliphatic hydroxyl groups is 1. The minimum absolute atomic E-state index is 0.0309. The Bertz CT molecular complexity index is 1570. The summed E-state index contributed by atoms with van der Waals surface area (Å²) in [6.45, 7) is 5.45. The number of alkyl carbamates (subject to hydrolysis) is 2. The van der Waals surface area contributed by atoms with Crippen LogP contribution >= 0.6 is 0 Å². The van der Waals surface area contributed by atoms with E-state index in [9.17, 15) is 19.5 Å². The van der Waals surface area contributed by atoms with Gasteiger partial charge in [0, 0.05) is 17.3 Å². The first kappa shape index (κ1) is 35.7. The Morgan fingerprint density at radius 1 is 0.771 bits per heavy atom. The molecule has 2 heterocycles. The first-order valence-corrected chi connectivity index (χ1v) is 16.0. The van der Waals surface area contributed by atoms with Crippen LogP contribution in [0.15, 0.2) is 102 Å². The van der Waals surface area contributed by atoms with Crippen molar-refractivity contribution in [3.63, 3.8) is 0 Å². The molecule has 2 aromatic heterocycles. The molecular formula is C37H44N4O7. The molecule has 0 radical (unpaired) electrons. The van der Waals surface area contributed by atoms with Crippen LogP contribution in [0.3, 0.4) is 0 Å². The van der Waals surface area contributed by atoms with Gasteiger partial charge in [-0.1, -0.05) is 80.6 Å². The normalized spacial score (nSPS) is 13.5. The average molecular weight is 657 g/mol. The summed E-state index contributed by atoms with van der Waals surface area (Å²) in [6.07, 6.45) is 1.36. The molecule has 0 aliphatic carbocycles. The molecule has 0 spiro atoms. The molecule has 0 fully saturated rings. The molecule has 0 saturated heterocycles. The Morgan fingerprint density at radius 2 is 1.42 bits per heavy atom. The standard InChI is InChI=1S/C37H44N4O7/c1-25(2)34(41-37(45)48-24-30-16-10-11-26(3)38-30)35(43)40-32(20-28-14-8-5-9-15-28)33(42)21-31(19-27-12-6-4-7-13-27)39-36(44)47-23-29-17-18-46-22-29/h4-18,22,25,31-34,42H,19-21,23-24H2,1-3H3,(H,39,44)(H,40,43)(H,41,45)/t31-,32-,33-,34?/m0/s1. The molecule has 4 atom stereocenters. The molecule has 11 nitrogen and oxygen atoms in total. The lowest BCUT2D eigenvalue weighted by Gasteiger charge is -2.30. The molecule has 4 N–H and O–H groups in total. The van der Waals surface area contributed by atoms with Crippen molar-refractivity contribution >= 4 is 18.1 Å². The Balaban J connectivity index is 1.45. The molecule has 0 aliphatic heterocycles. The second-order valence-corrected chi connectivity index (χ2v) is 12.1. The van der Waals surface area contributed by atoms with E-state index in [4.69, 9.17) is 13.9 Å². The minimum atomic E-state index is -1.08. The number of nitrogens with one attached hydrogen (secondary N) is 3. The summed E-state index contributed by atoms with van der Waals surface area (Å²) in [4.78, 5) is 43.6. The van der Waals surface area contributed by atoms with E-state index in [1.54, 1.807) is 12.1 Å². The molecule has 0 bridgehead atoms. The van der Waals surface area contributed by atoms with E-state index in [-0.39, 0.29) is 25.6 Å². The fraction of sp³-hybridized carbons (Fsp3) is 0.351. The van der Waals surface area contributed by atoms with Crippen molar-refractivity contribution in [3.8, 4) is 0 Å². The van der Waals surface area contributed by atoms with Gasteiger partial charge in [0.15, 0.2) is 0 Å². The Hall–Kier alpha value is -5.16. The molecule has 11 heteroatoms. The van der Waals surface area contributed by atoms with Crippen LogP contribution in [0.2, 0.25) is 0 Å². The maximum atomic E-state index is 13.7. The average Bonchev–Trinajstić information content (AvgIpc) is 3.60. The quantitative estimate of drug-likeness (QED) is 0.128. The highest BCUT2D eigenvalue weighted by atomic mass is 16.6. The topological polar surface area (TPSA) is 152 Å². The molecule has 3 amide bonds. The number of carbonyl (C=O) groups is 3. The summed E-state index contributed by atoms with van der Waals surface area (Å²) in [5.74, 6) is -0.760. The number of carbonyl (C=O) groups excluding carboxylic acids is 3. The highest BCUT2D eigenvalue weighted by Gasteiger charge is 2.31. The second-order valence-electron chi connectivity index (χ2n) is 12.1. The largest absolute Gasteiger partial charge is 0.472 e. The van der Waals surface area contributed by atoms with Crippen molar-refractivity contribution in [2.24, 2.45) is 5.92 Å². The lowest BCUT2D eigenvalue weighted by molar-refractivity contribution is -0.125. The fourth-order valence-corrected chi connectivity index (χ4v) is 5.23. The van der Waals surface area contributed by atoms with E-state index in [1.165, 1.54) is 12.5 Å². The summed E-state index contributed by atoms with van der Waals surface area (Å²) in [5, 5.41) is 20.2. The SMILES string of the molecule is Cc1cccc(COC(=O)NC(C(=O)N[C@@H](Cc2ccccc2)[C@@H](O)C[C@H](Cc2ccccc2)NC(=O)OCc2ccoc2)C(C)C)n1. The third-order valence-corrected chi connectivity index (χ3v) is 7.73. The maximum absolute atomic E-state index is 13.7. The molecular weight excluding hydrogens is 612 g/mol. The lowest BCUT2D eigenvalue weighted by atomic mass is 9.93. The van der Waals surface area contributed by atoms with Crippen LogP contribution in [-0.4, -0.2) is 52.4 Å². The zero-order valence-electron chi connectivity index (χ0n) is 27.5. The molecule has 2 aromatic carbocycles. The number of aliphatic hydroxyl groups excluding tert-OH is 1. The highest BCUT2D eigenvalue weighted by Crippen LogP contribution is 2.16. The number of aryl methyl sites for hydroxylation is 1. The van der Waals surface area contributed by atoms with Crippen LogP contribution in [0.1, 0.15) is 48.3 Å². The highest BCUT2D eigenvalue weighted by molar-refractivity contribution is 5.86. The van der Waals surface area contributed by atoms with Gasteiger partial charge < -0.3 is 34.9 Å². The van der Waals surface area contributed by atoms with E-state index >= 15 is 0 Å². The van der Waals surface area contributed by atoms with Gasteiger partial charge in [0.25, 0.3) is 0 Å². The van der Waals surface area contributed by atoms with Gasteiger partial charge in [0.1, 0.15) is 19.3 Å². The summed E-state index contributed by atoms with van der Waals surface area (Å²) >= 11 is 0. The molecule has 254 valence electrons. The van der Waals surface area contributed by atoms with Crippen LogP contribution in [0.4, 0.5) is 9.59 Å². The van der Waals surface area contributed by atoms with Crippen molar-refractivity contribution in [1.29, 1.82) is 0 Å². The Labute approximate surface area is 281 Å². The van der Waals surface area contributed by atoms with Gasteiger partial charge in [-0.15, -0.1) is 0 Å². The summed E-state index contributed by atoms with van der Waals surface area (Å²) < 4.78 is 15.8. The summed E-state index contributed by atoms with van der Waals surface area (Å²) in [5.41, 5.74) is 3.95. The van der Waals surface area contributed by atoms with Crippen LogP contribution in [-0.2, 0) is 40.3 Å². The predicted octanol–water partition coefficient (Wildman–Crippen LogP) is 5.25. The van der Waals surface area contributed by atoms with Gasteiger partial charge in [-0.2, -0.15) is 0 Å². The number of nitrogens with zero attached hydrogens (tertiary/aromatic N) is 1. The van der Waals surface area contributed by atoms with Crippen molar-refractivity contribution in [3.05, 3.63) is 126 Å². The van der Waals surface area contributed by atoms with Gasteiger partial charge in [0.2, 0.25) is 5.91 Å². The first-order valence-electron chi connectivity index (χ1n) is 16.0. The zero-order chi connectivity index (χ0) is 34.3. The molecule has 0 aliphatic rings. The monoisotopic (exact) mass is 656 g/mol. The summed E-state index contributed by atoms with van der Waals surface area (Å²) in [7, 11) is 0. The van der Waals surface area contributed by atoms with E-state index in [1.807, 2.05) is 93.6 Å². The zero-order valence-corrected chi connectivity index (χ0v) is 27.5. The van der Waals surface area contributed by atoms with Crippen LogP contribution < -0.4 is 16.0 Å². The number of amides is 3. The number of rotatable bonds is 16. The fourth-order valence-electron chi connectivity index (χ4n) is 5.23. The van der Waals surface area contributed by atoms with Crippen LogP contribution in [0, 0.1) is 12.8 Å². The number of furan rings is 1. The molecule has 0 saturated carbocycles. The number of ether oxygens (including phenoxy) is 2.